The van der Waals surface area contributed by atoms with Crippen LogP contribution in [0.4, 0.5) is 9.93 Å². The molecule has 0 radical (unpaired) electrons. The number of hydrogen-bond donors (Lipinski definition) is 3. The molecule has 140 valence electrons. The lowest BCUT2D eigenvalue weighted by atomic mass is 10.2. The third-order valence-corrected chi connectivity index (χ3v) is 5.70. The lowest BCUT2D eigenvalue weighted by Crippen LogP contribution is -2.34. The number of benzene rings is 2. The van der Waals surface area contributed by atoms with Crippen molar-refractivity contribution in [2.24, 2.45) is 0 Å². The molecule has 0 saturated heterocycles. The van der Waals surface area contributed by atoms with Crippen molar-refractivity contribution in [3.8, 4) is 0 Å². The molecule has 0 saturated carbocycles. The molecule has 7 nitrogen and oxygen atoms in total. The minimum Gasteiger partial charge on any atom is -0.306 e. The molecular weight excluding hydrogens is 478 g/mol. The Labute approximate surface area is 173 Å². The number of anilines is 1. The first kappa shape index (κ1) is 19.9. The number of urea groups is 1. The van der Waals surface area contributed by atoms with Gasteiger partial charge in [-0.05, 0) is 35.9 Å². The van der Waals surface area contributed by atoms with Crippen LogP contribution in [0.3, 0.4) is 0 Å². The van der Waals surface area contributed by atoms with E-state index in [1.807, 2.05) is 0 Å². The highest BCUT2D eigenvalue weighted by molar-refractivity contribution is 9.10. The predicted octanol–water partition coefficient (Wildman–Crippen LogP) is 4.40. The Kier molecular flexibility index (Phi) is 6.22. The number of rotatable bonds is 4. The number of carbonyl (C=O) groups is 2. The van der Waals surface area contributed by atoms with Gasteiger partial charge in [0, 0.05) is 4.47 Å². The van der Waals surface area contributed by atoms with Crippen molar-refractivity contribution in [3.63, 3.8) is 0 Å². The Morgan fingerprint density at radius 2 is 2.04 bits per heavy atom. The number of nitrogens with one attached hydrogen (secondary N) is 2. The van der Waals surface area contributed by atoms with Crippen molar-refractivity contribution in [2.75, 3.05) is 5.32 Å². The Morgan fingerprint density at radius 3 is 2.78 bits per heavy atom. The van der Waals surface area contributed by atoms with Gasteiger partial charge in [-0.1, -0.05) is 44.9 Å². The Hall–Kier alpha value is -1.85. The molecule has 1 atom stereocenters. The summed E-state index contributed by atoms with van der Waals surface area (Å²) in [4.78, 5) is 28.5. The van der Waals surface area contributed by atoms with Crippen molar-refractivity contribution in [3.05, 3.63) is 57.0 Å². The first-order valence-electron chi connectivity index (χ1n) is 7.36. The van der Waals surface area contributed by atoms with E-state index in [2.05, 4.69) is 31.5 Å². The largest absolute Gasteiger partial charge is 0.327 e. The van der Waals surface area contributed by atoms with Crippen LogP contribution in [0.25, 0.3) is 10.2 Å². The second-order valence-corrected chi connectivity index (χ2v) is 8.60. The molecule has 1 unspecified atom stereocenters. The van der Waals surface area contributed by atoms with Gasteiger partial charge in [-0.25, -0.2) is 14.0 Å². The number of amides is 3. The van der Waals surface area contributed by atoms with Gasteiger partial charge < -0.3 is 4.55 Å². The van der Waals surface area contributed by atoms with Crippen molar-refractivity contribution < 1.29 is 18.4 Å². The van der Waals surface area contributed by atoms with Gasteiger partial charge in [-0.15, -0.1) is 0 Å². The summed E-state index contributed by atoms with van der Waals surface area (Å²) in [7, 11) is 0. The van der Waals surface area contributed by atoms with E-state index in [1.54, 1.807) is 30.3 Å². The van der Waals surface area contributed by atoms with Gasteiger partial charge >= 0.3 is 6.03 Å². The summed E-state index contributed by atoms with van der Waals surface area (Å²) in [5.41, 5.74) is 1.47. The molecule has 1 aromatic heterocycles. The molecule has 2 aromatic carbocycles. The summed E-state index contributed by atoms with van der Waals surface area (Å²) >= 11 is 8.47. The zero-order valence-electron chi connectivity index (χ0n) is 13.4. The summed E-state index contributed by atoms with van der Waals surface area (Å²) < 4.78 is 21.3. The van der Waals surface area contributed by atoms with Crippen LogP contribution >= 0.6 is 38.9 Å². The second kappa shape index (κ2) is 8.44. The van der Waals surface area contributed by atoms with E-state index >= 15 is 0 Å². The fourth-order valence-corrected chi connectivity index (χ4v) is 4.18. The number of hydrogen-bond acceptors (Lipinski definition) is 5. The molecular formula is C16H11BrClN3O4S2. The molecule has 0 spiro atoms. The zero-order valence-corrected chi connectivity index (χ0v) is 17.3. The highest BCUT2D eigenvalue weighted by Gasteiger charge is 2.15. The van der Waals surface area contributed by atoms with Crippen LogP contribution in [0.1, 0.15) is 15.9 Å². The third kappa shape index (κ3) is 5.11. The average Bonchev–Trinajstić information content (AvgIpc) is 2.97. The number of imide groups is 1. The van der Waals surface area contributed by atoms with E-state index in [0.717, 1.165) is 4.70 Å². The quantitative estimate of drug-likeness (QED) is 0.472. The SMILES string of the molecule is O=C(NC(=O)c1cc(Br)ccc1Cl)Nc1nc2ccc(CS(=O)O)cc2s1. The zero-order chi connectivity index (χ0) is 19.6. The minimum atomic E-state index is -1.94. The van der Waals surface area contributed by atoms with Gasteiger partial charge in [0.1, 0.15) is 0 Å². The smallest absolute Gasteiger partial charge is 0.306 e. The topological polar surface area (TPSA) is 108 Å². The van der Waals surface area contributed by atoms with Crippen LogP contribution in [0.15, 0.2) is 40.9 Å². The first-order chi connectivity index (χ1) is 12.8. The van der Waals surface area contributed by atoms with Crippen molar-refractivity contribution in [1.82, 2.24) is 10.3 Å². The Balaban J connectivity index is 1.71. The molecule has 3 aromatic rings. The van der Waals surface area contributed by atoms with E-state index in [-0.39, 0.29) is 21.5 Å². The van der Waals surface area contributed by atoms with Gasteiger partial charge in [-0.2, -0.15) is 0 Å². The molecule has 0 bridgehead atoms. The summed E-state index contributed by atoms with van der Waals surface area (Å²) in [5.74, 6) is -0.633. The van der Waals surface area contributed by atoms with E-state index < -0.39 is 23.0 Å². The number of aromatic nitrogens is 1. The van der Waals surface area contributed by atoms with E-state index in [1.165, 1.54) is 17.4 Å². The van der Waals surface area contributed by atoms with Crippen LogP contribution in [-0.4, -0.2) is 25.7 Å². The van der Waals surface area contributed by atoms with Crippen molar-refractivity contribution in [2.45, 2.75) is 5.75 Å². The van der Waals surface area contributed by atoms with Gasteiger partial charge in [0.25, 0.3) is 5.91 Å². The summed E-state index contributed by atoms with van der Waals surface area (Å²) in [5, 5.41) is 5.20. The van der Waals surface area contributed by atoms with E-state index in [0.29, 0.717) is 15.6 Å². The number of carbonyl (C=O) groups excluding carboxylic acids is 2. The number of fused-ring (bicyclic) bond motifs is 1. The summed E-state index contributed by atoms with van der Waals surface area (Å²) in [6.45, 7) is 0. The maximum atomic E-state index is 12.2. The lowest BCUT2D eigenvalue weighted by Gasteiger charge is -2.06. The van der Waals surface area contributed by atoms with Crippen LogP contribution in [0.5, 0.6) is 0 Å². The predicted molar refractivity (Wildman–Crippen MR) is 110 cm³/mol. The molecule has 27 heavy (non-hydrogen) atoms. The molecule has 1 heterocycles. The van der Waals surface area contributed by atoms with Crippen LogP contribution < -0.4 is 10.6 Å². The Morgan fingerprint density at radius 1 is 1.26 bits per heavy atom. The summed E-state index contributed by atoms with van der Waals surface area (Å²) in [6, 6.07) is 9.12. The van der Waals surface area contributed by atoms with Gasteiger partial charge in [0.2, 0.25) is 0 Å². The van der Waals surface area contributed by atoms with Gasteiger partial charge in [0.05, 0.1) is 26.6 Å². The molecule has 3 amide bonds. The van der Waals surface area contributed by atoms with E-state index in [4.69, 9.17) is 16.2 Å². The second-order valence-electron chi connectivity index (χ2n) is 5.32. The minimum absolute atomic E-state index is 0.0129. The first-order valence-corrected chi connectivity index (χ1v) is 10.6. The van der Waals surface area contributed by atoms with Gasteiger partial charge in [-0.3, -0.25) is 15.4 Å². The number of nitrogens with zero attached hydrogens (tertiary/aromatic N) is 1. The molecule has 11 heteroatoms. The molecule has 0 aliphatic heterocycles. The fourth-order valence-electron chi connectivity index (χ4n) is 2.23. The van der Waals surface area contributed by atoms with Crippen LogP contribution in [0.2, 0.25) is 5.02 Å². The van der Waals surface area contributed by atoms with Crippen LogP contribution in [-0.2, 0) is 16.8 Å². The highest BCUT2D eigenvalue weighted by Crippen LogP contribution is 2.27. The number of halogens is 2. The van der Waals surface area contributed by atoms with E-state index in [9.17, 15) is 13.8 Å². The molecule has 0 aliphatic rings. The maximum absolute atomic E-state index is 12.2. The molecule has 3 rings (SSSR count). The molecule has 0 aliphatic carbocycles. The summed E-state index contributed by atoms with van der Waals surface area (Å²) in [6.07, 6.45) is 0. The maximum Gasteiger partial charge on any atom is 0.327 e. The molecule has 3 N–H and O–H groups in total. The fraction of sp³-hybridized carbons (Fsp3) is 0.0625. The monoisotopic (exact) mass is 487 g/mol. The Bertz CT molecular complexity index is 1070. The highest BCUT2D eigenvalue weighted by atomic mass is 79.9. The number of thiazole rings is 1. The standard InChI is InChI=1S/C16H11BrClN3O4S2/c17-9-2-3-11(18)10(6-9)14(22)20-15(23)21-16-19-12-4-1-8(7-27(24)25)5-13(12)26-16/h1-6H,7H2,(H,24,25)(H2,19,20,21,22,23). The lowest BCUT2D eigenvalue weighted by molar-refractivity contribution is 0.0967. The average molecular weight is 489 g/mol. The van der Waals surface area contributed by atoms with Crippen LogP contribution in [0, 0.1) is 0 Å². The van der Waals surface area contributed by atoms with Crippen molar-refractivity contribution in [1.29, 1.82) is 0 Å². The third-order valence-electron chi connectivity index (χ3n) is 3.36. The normalized spacial score (nSPS) is 12.0. The van der Waals surface area contributed by atoms with Crippen molar-refractivity contribution >= 4 is 77.2 Å². The van der Waals surface area contributed by atoms with Gasteiger partial charge in [0.15, 0.2) is 16.2 Å². The molecule has 0 fully saturated rings.